The molecule has 0 aromatic heterocycles. The average molecular weight is 331 g/mol. The number of likely N-dealkylation sites (tertiary alicyclic amines) is 1. The summed E-state index contributed by atoms with van der Waals surface area (Å²) in [7, 11) is 0. The molecule has 1 aliphatic heterocycles. The Kier molecular flexibility index (Phi) is 6.30. The highest BCUT2D eigenvalue weighted by Crippen LogP contribution is 2.25. The van der Waals surface area contributed by atoms with Gasteiger partial charge in [-0.1, -0.05) is 36.0 Å². The Bertz CT molecular complexity index is 497. The lowest BCUT2D eigenvalue weighted by atomic mass is 10.1. The van der Waals surface area contributed by atoms with E-state index in [1.807, 2.05) is 0 Å². The largest absolute Gasteiger partial charge is 0.395 e. The van der Waals surface area contributed by atoms with E-state index in [0.717, 1.165) is 32.2 Å². The molecule has 0 saturated carbocycles. The molecule has 4 nitrogen and oxygen atoms in total. The predicted molar refractivity (Wildman–Crippen MR) is 86.0 cm³/mol. The number of anilines is 1. The summed E-state index contributed by atoms with van der Waals surface area (Å²) in [6, 6.07) is 5.08. The first-order valence-corrected chi connectivity index (χ1v) is 7.95. The lowest BCUT2D eigenvalue weighted by Gasteiger charge is -2.27. The van der Waals surface area contributed by atoms with Crippen molar-refractivity contribution in [3.05, 3.63) is 28.2 Å². The van der Waals surface area contributed by atoms with Gasteiger partial charge in [-0.25, -0.2) is 0 Å². The van der Waals surface area contributed by atoms with E-state index >= 15 is 0 Å². The molecule has 116 valence electrons. The topological polar surface area (TPSA) is 52.6 Å². The van der Waals surface area contributed by atoms with Gasteiger partial charge in [-0.05, 0) is 37.6 Å². The van der Waals surface area contributed by atoms with Crippen molar-refractivity contribution < 1.29 is 9.90 Å². The molecule has 2 rings (SSSR count). The Labute approximate surface area is 135 Å². The van der Waals surface area contributed by atoms with Crippen LogP contribution in [0.25, 0.3) is 0 Å². The molecule has 1 fully saturated rings. The van der Waals surface area contributed by atoms with Gasteiger partial charge < -0.3 is 10.4 Å². The highest BCUT2D eigenvalue weighted by molar-refractivity contribution is 6.42. The molecule has 1 amide bonds. The fourth-order valence-corrected chi connectivity index (χ4v) is 2.91. The van der Waals surface area contributed by atoms with Gasteiger partial charge in [-0.15, -0.1) is 0 Å². The van der Waals surface area contributed by atoms with Gasteiger partial charge in [0.2, 0.25) is 5.91 Å². The standard InChI is InChI=1S/C15H20Cl2N2O2/c16-13-6-5-11(8-14(13)17)18-15(21)9-19-7-3-1-2-4-12(19)10-20/h5-6,8,12,20H,1-4,7,9-10H2,(H,18,21). The molecule has 1 heterocycles. The van der Waals surface area contributed by atoms with Gasteiger partial charge >= 0.3 is 0 Å². The highest BCUT2D eigenvalue weighted by Gasteiger charge is 2.22. The zero-order valence-electron chi connectivity index (χ0n) is 11.8. The maximum atomic E-state index is 12.1. The van der Waals surface area contributed by atoms with Crippen molar-refractivity contribution in [3.8, 4) is 0 Å². The molecule has 1 aliphatic rings. The summed E-state index contributed by atoms with van der Waals surface area (Å²) in [4.78, 5) is 14.2. The van der Waals surface area contributed by atoms with Crippen molar-refractivity contribution in [2.75, 3.05) is 25.0 Å². The second-order valence-corrected chi connectivity index (χ2v) is 6.15. The second kappa shape index (κ2) is 7.99. The number of hydrogen-bond acceptors (Lipinski definition) is 3. The Morgan fingerprint density at radius 3 is 2.81 bits per heavy atom. The first kappa shape index (κ1) is 16.6. The normalized spacial score (nSPS) is 20.0. The number of carbonyl (C=O) groups is 1. The van der Waals surface area contributed by atoms with Gasteiger partial charge in [0, 0.05) is 11.7 Å². The number of amides is 1. The summed E-state index contributed by atoms with van der Waals surface area (Å²) >= 11 is 11.8. The van der Waals surface area contributed by atoms with E-state index in [9.17, 15) is 9.90 Å². The smallest absolute Gasteiger partial charge is 0.238 e. The van der Waals surface area contributed by atoms with Crippen LogP contribution in [0.3, 0.4) is 0 Å². The van der Waals surface area contributed by atoms with E-state index in [-0.39, 0.29) is 25.1 Å². The summed E-state index contributed by atoms with van der Waals surface area (Å²) in [6.45, 7) is 1.23. The quantitative estimate of drug-likeness (QED) is 0.891. The van der Waals surface area contributed by atoms with Gasteiger partial charge in [0.05, 0.1) is 23.2 Å². The van der Waals surface area contributed by atoms with Gasteiger partial charge in [0.1, 0.15) is 0 Å². The molecule has 21 heavy (non-hydrogen) atoms. The summed E-state index contributed by atoms with van der Waals surface area (Å²) in [5.41, 5.74) is 0.629. The number of nitrogens with zero attached hydrogens (tertiary/aromatic N) is 1. The van der Waals surface area contributed by atoms with Crippen LogP contribution in [0.4, 0.5) is 5.69 Å². The van der Waals surface area contributed by atoms with E-state index in [0.29, 0.717) is 15.7 Å². The molecular weight excluding hydrogens is 311 g/mol. The molecule has 0 radical (unpaired) electrons. The predicted octanol–water partition coefficient (Wildman–Crippen LogP) is 3.17. The van der Waals surface area contributed by atoms with Crippen LogP contribution in [0.15, 0.2) is 18.2 Å². The third kappa shape index (κ3) is 4.85. The molecule has 6 heteroatoms. The number of aliphatic hydroxyl groups is 1. The van der Waals surface area contributed by atoms with Crippen molar-refractivity contribution in [3.63, 3.8) is 0 Å². The van der Waals surface area contributed by atoms with Gasteiger partial charge in [0.15, 0.2) is 0 Å². The molecule has 1 unspecified atom stereocenters. The highest BCUT2D eigenvalue weighted by atomic mass is 35.5. The first-order chi connectivity index (χ1) is 10.1. The maximum Gasteiger partial charge on any atom is 0.238 e. The molecule has 1 saturated heterocycles. The fourth-order valence-electron chi connectivity index (χ4n) is 2.61. The Morgan fingerprint density at radius 2 is 2.10 bits per heavy atom. The summed E-state index contributed by atoms with van der Waals surface area (Å²) in [6.07, 6.45) is 4.27. The van der Waals surface area contributed by atoms with E-state index in [1.165, 1.54) is 0 Å². The van der Waals surface area contributed by atoms with E-state index in [1.54, 1.807) is 18.2 Å². The Balaban J connectivity index is 1.94. The molecule has 0 spiro atoms. The van der Waals surface area contributed by atoms with E-state index < -0.39 is 0 Å². The van der Waals surface area contributed by atoms with Gasteiger partial charge in [0.25, 0.3) is 0 Å². The number of hydrogen-bond donors (Lipinski definition) is 2. The fraction of sp³-hybridized carbons (Fsp3) is 0.533. The number of aliphatic hydroxyl groups excluding tert-OH is 1. The average Bonchev–Trinajstić information content (AvgIpc) is 2.68. The van der Waals surface area contributed by atoms with Crippen molar-refractivity contribution in [1.29, 1.82) is 0 Å². The van der Waals surface area contributed by atoms with Crippen molar-refractivity contribution in [2.45, 2.75) is 31.7 Å². The first-order valence-electron chi connectivity index (χ1n) is 7.20. The summed E-state index contributed by atoms with van der Waals surface area (Å²) in [5, 5.41) is 13.1. The minimum Gasteiger partial charge on any atom is -0.395 e. The number of carbonyl (C=O) groups excluding carboxylic acids is 1. The SMILES string of the molecule is O=C(CN1CCCCCC1CO)Nc1ccc(Cl)c(Cl)c1. The number of benzene rings is 1. The van der Waals surface area contributed by atoms with Crippen LogP contribution in [0.1, 0.15) is 25.7 Å². The van der Waals surface area contributed by atoms with Crippen molar-refractivity contribution >= 4 is 34.8 Å². The maximum absolute atomic E-state index is 12.1. The van der Waals surface area contributed by atoms with Crippen LogP contribution < -0.4 is 5.32 Å². The van der Waals surface area contributed by atoms with Crippen molar-refractivity contribution in [1.82, 2.24) is 4.90 Å². The Morgan fingerprint density at radius 1 is 1.29 bits per heavy atom. The van der Waals surface area contributed by atoms with Crippen LogP contribution in [-0.2, 0) is 4.79 Å². The zero-order chi connectivity index (χ0) is 15.2. The molecule has 1 aromatic rings. The minimum absolute atomic E-state index is 0.0760. The molecule has 1 aromatic carbocycles. The van der Waals surface area contributed by atoms with Crippen LogP contribution in [-0.4, -0.2) is 41.7 Å². The monoisotopic (exact) mass is 330 g/mol. The minimum atomic E-state index is -0.103. The lowest BCUT2D eigenvalue weighted by Crippen LogP contribution is -2.42. The summed E-state index contributed by atoms with van der Waals surface area (Å²) in [5.74, 6) is -0.103. The Hall–Kier alpha value is -0.810. The molecule has 0 aliphatic carbocycles. The molecule has 1 atom stereocenters. The lowest BCUT2D eigenvalue weighted by molar-refractivity contribution is -0.118. The van der Waals surface area contributed by atoms with Crippen molar-refractivity contribution in [2.24, 2.45) is 0 Å². The molecular formula is C15H20Cl2N2O2. The molecule has 0 bridgehead atoms. The third-order valence-electron chi connectivity index (χ3n) is 3.76. The summed E-state index contributed by atoms with van der Waals surface area (Å²) < 4.78 is 0. The van der Waals surface area contributed by atoms with Gasteiger partial charge in [-0.3, -0.25) is 9.69 Å². The molecule has 2 N–H and O–H groups in total. The number of halogens is 2. The van der Waals surface area contributed by atoms with E-state index in [4.69, 9.17) is 23.2 Å². The van der Waals surface area contributed by atoms with Gasteiger partial charge in [-0.2, -0.15) is 0 Å². The zero-order valence-corrected chi connectivity index (χ0v) is 13.3. The third-order valence-corrected chi connectivity index (χ3v) is 4.50. The number of rotatable bonds is 4. The van der Waals surface area contributed by atoms with Crippen LogP contribution in [0.5, 0.6) is 0 Å². The van der Waals surface area contributed by atoms with Crippen LogP contribution in [0.2, 0.25) is 10.0 Å². The number of nitrogens with one attached hydrogen (secondary N) is 1. The van der Waals surface area contributed by atoms with E-state index in [2.05, 4.69) is 10.2 Å². The van der Waals surface area contributed by atoms with Crippen LogP contribution in [0, 0.1) is 0 Å². The second-order valence-electron chi connectivity index (χ2n) is 5.33. The van der Waals surface area contributed by atoms with Crippen LogP contribution >= 0.6 is 23.2 Å².